The van der Waals surface area contributed by atoms with E-state index in [1.54, 1.807) is 4.90 Å². The number of carbonyl (C=O) groups excluding carboxylic acids is 1. The van der Waals surface area contributed by atoms with Gasteiger partial charge in [-0.05, 0) is 38.8 Å². The summed E-state index contributed by atoms with van der Waals surface area (Å²) in [6.45, 7) is 2.11. The fourth-order valence-corrected chi connectivity index (χ4v) is 2.91. The SMILES string of the molecule is O=C(C1CCN(C[C@@H](O)C(F)(F)F)CC1)N1CCCC1. The maximum absolute atomic E-state index is 12.3. The van der Waals surface area contributed by atoms with E-state index in [9.17, 15) is 18.0 Å². The second kappa shape index (κ2) is 6.30. The molecule has 0 aliphatic carbocycles. The molecule has 0 radical (unpaired) electrons. The lowest BCUT2D eigenvalue weighted by atomic mass is 9.95. The predicted octanol–water partition coefficient (Wildman–Crippen LogP) is 1.24. The lowest BCUT2D eigenvalue weighted by Crippen LogP contribution is -2.46. The molecule has 0 aromatic carbocycles. The zero-order valence-electron chi connectivity index (χ0n) is 11.4. The molecule has 7 heteroatoms. The number of alkyl halides is 3. The highest BCUT2D eigenvalue weighted by molar-refractivity contribution is 5.79. The Morgan fingerprint density at radius 1 is 1.15 bits per heavy atom. The highest BCUT2D eigenvalue weighted by atomic mass is 19.4. The number of carbonyl (C=O) groups is 1. The van der Waals surface area contributed by atoms with Crippen LogP contribution in [0.5, 0.6) is 0 Å². The van der Waals surface area contributed by atoms with Gasteiger partial charge in [-0.3, -0.25) is 4.79 Å². The maximum atomic E-state index is 12.3. The first-order chi connectivity index (χ1) is 9.38. The molecule has 2 fully saturated rings. The minimum absolute atomic E-state index is 0.0626. The largest absolute Gasteiger partial charge is 0.415 e. The van der Waals surface area contributed by atoms with Crippen molar-refractivity contribution in [2.24, 2.45) is 5.92 Å². The third kappa shape index (κ3) is 3.85. The van der Waals surface area contributed by atoms with Crippen molar-refractivity contribution in [3.8, 4) is 0 Å². The van der Waals surface area contributed by atoms with Gasteiger partial charge in [-0.25, -0.2) is 0 Å². The number of piperidine rings is 1. The quantitative estimate of drug-likeness (QED) is 0.852. The van der Waals surface area contributed by atoms with Crippen LogP contribution in [0.2, 0.25) is 0 Å². The Morgan fingerprint density at radius 3 is 2.20 bits per heavy atom. The van der Waals surface area contributed by atoms with Crippen molar-refractivity contribution in [1.82, 2.24) is 9.80 Å². The van der Waals surface area contributed by atoms with E-state index in [1.165, 1.54) is 0 Å². The van der Waals surface area contributed by atoms with Crippen LogP contribution in [0.15, 0.2) is 0 Å². The maximum Gasteiger partial charge on any atom is 0.415 e. The van der Waals surface area contributed by atoms with Gasteiger partial charge in [0.15, 0.2) is 6.10 Å². The monoisotopic (exact) mass is 294 g/mol. The van der Waals surface area contributed by atoms with Crippen LogP contribution in [0.1, 0.15) is 25.7 Å². The average molecular weight is 294 g/mol. The van der Waals surface area contributed by atoms with Gasteiger partial charge >= 0.3 is 6.18 Å². The van der Waals surface area contributed by atoms with E-state index in [1.807, 2.05) is 4.90 Å². The van der Waals surface area contributed by atoms with E-state index in [-0.39, 0.29) is 11.8 Å². The van der Waals surface area contributed by atoms with Gasteiger partial charge in [-0.15, -0.1) is 0 Å². The molecule has 0 saturated carbocycles. The second-order valence-corrected chi connectivity index (χ2v) is 5.66. The Balaban J connectivity index is 1.76. The first-order valence-electron chi connectivity index (χ1n) is 7.14. The number of β-amino-alcohol motifs (C(OH)–C–C–N with tert-alkyl or cyclic N) is 1. The summed E-state index contributed by atoms with van der Waals surface area (Å²) in [6.07, 6.45) is -3.61. The molecule has 0 bridgehead atoms. The molecule has 2 aliphatic rings. The van der Waals surface area contributed by atoms with Crippen LogP contribution < -0.4 is 0 Å². The molecule has 4 nitrogen and oxygen atoms in total. The van der Waals surface area contributed by atoms with E-state index in [0.29, 0.717) is 25.9 Å². The molecule has 0 unspecified atom stereocenters. The zero-order valence-corrected chi connectivity index (χ0v) is 11.4. The lowest BCUT2D eigenvalue weighted by molar-refractivity contribution is -0.208. The minimum atomic E-state index is -4.57. The summed E-state index contributed by atoms with van der Waals surface area (Å²) in [5.74, 6) is 0.0888. The van der Waals surface area contributed by atoms with Crippen LogP contribution in [0.3, 0.4) is 0 Å². The summed E-state index contributed by atoms with van der Waals surface area (Å²) in [6, 6.07) is 0. The molecule has 20 heavy (non-hydrogen) atoms. The number of aliphatic hydroxyl groups excluding tert-OH is 1. The van der Waals surface area contributed by atoms with E-state index in [2.05, 4.69) is 0 Å². The topological polar surface area (TPSA) is 43.8 Å². The van der Waals surface area contributed by atoms with Gasteiger partial charge in [0.05, 0.1) is 0 Å². The molecule has 1 N–H and O–H groups in total. The van der Waals surface area contributed by atoms with Gasteiger partial charge in [0.2, 0.25) is 5.91 Å². The first kappa shape index (κ1) is 15.6. The Kier molecular flexibility index (Phi) is 4.90. The van der Waals surface area contributed by atoms with Crippen LogP contribution in [0, 0.1) is 5.92 Å². The number of aliphatic hydroxyl groups is 1. The first-order valence-corrected chi connectivity index (χ1v) is 7.14. The van der Waals surface area contributed by atoms with Gasteiger partial charge in [0.25, 0.3) is 0 Å². The van der Waals surface area contributed by atoms with Crippen LogP contribution in [-0.4, -0.2) is 65.8 Å². The predicted molar refractivity (Wildman–Crippen MR) is 67.0 cm³/mol. The summed E-state index contributed by atoms with van der Waals surface area (Å²) in [7, 11) is 0. The number of hydrogen-bond donors (Lipinski definition) is 1. The van der Waals surface area contributed by atoms with Gasteiger partial charge in [0, 0.05) is 25.6 Å². The fraction of sp³-hybridized carbons (Fsp3) is 0.923. The molecular formula is C13H21F3N2O2. The third-order valence-corrected chi connectivity index (χ3v) is 4.16. The molecule has 2 heterocycles. The second-order valence-electron chi connectivity index (χ2n) is 5.66. The number of nitrogens with zero attached hydrogens (tertiary/aromatic N) is 2. The number of hydrogen-bond acceptors (Lipinski definition) is 3. The van der Waals surface area contributed by atoms with Crippen molar-refractivity contribution < 1.29 is 23.1 Å². The number of halogens is 3. The van der Waals surface area contributed by atoms with Gasteiger partial charge in [-0.2, -0.15) is 13.2 Å². The Hall–Kier alpha value is -0.820. The minimum Gasteiger partial charge on any atom is -0.382 e. The van der Waals surface area contributed by atoms with Crippen LogP contribution in [0.4, 0.5) is 13.2 Å². The normalized spacial score (nSPS) is 24.1. The van der Waals surface area contributed by atoms with Crippen LogP contribution in [-0.2, 0) is 4.79 Å². The highest BCUT2D eigenvalue weighted by Gasteiger charge is 2.40. The van der Waals surface area contributed by atoms with E-state index >= 15 is 0 Å². The molecule has 0 spiro atoms. The summed E-state index contributed by atoms with van der Waals surface area (Å²) < 4.78 is 36.8. The van der Waals surface area contributed by atoms with Crippen molar-refractivity contribution in [3.63, 3.8) is 0 Å². The van der Waals surface area contributed by atoms with Crippen molar-refractivity contribution in [2.45, 2.75) is 38.0 Å². The zero-order chi connectivity index (χ0) is 14.8. The Morgan fingerprint density at radius 2 is 1.70 bits per heavy atom. The van der Waals surface area contributed by atoms with Crippen molar-refractivity contribution in [3.05, 3.63) is 0 Å². The molecule has 1 amide bonds. The molecule has 0 aromatic heterocycles. The fourth-order valence-electron chi connectivity index (χ4n) is 2.91. The van der Waals surface area contributed by atoms with E-state index < -0.39 is 18.8 Å². The number of rotatable bonds is 3. The summed E-state index contributed by atoms with van der Waals surface area (Å²) in [5.41, 5.74) is 0. The molecule has 2 aliphatic heterocycles. The van der Waals surface area contributed by atoms with Crippen molar-refractivity contribution in [1.29, 1.82) is 0 Å². The molecule has 1 atom stereocenters. The van der Waals surface area contributed by atoms with Crippen molar-refractivity contribution >= 4 is 5.91 Å². The Labute approximate surface area is 116 Å². The number of likely N-dealkylation sites (tertiary alicyclic amines) is 2. The Bertz CT molecular complexity index is 335. The lowest BCUT2D eigenvalue weighted by Gasteiger charge is -2.34. The number of amides is 1. The van der Waals surface area contributed by atoms with Gasteiger partial charge < -0.3 is 14.9 Å². The summed E-state index contributed by atoms with van der Waals surface area (Å²) in [5, 5.41) is 9.04. The average Bonchev–Trinajstić information content (AvgIpc) is 2.91. The standard InChI is InChI=1S/C13H21F3N2O2/c14-13(15,16)11(19)9-17-7-3-10(4-8-17)12(20)18-5-1-2-6-18/h10-11,19H,1-9H2/t11-/m1/s1. The van der Waals surface area contributed by atoms with Gasteiger partial charge in [-0.1, -0.05) is 0 Å². The highest BCUT2D eigenvalue weighted by Crippen LogP contribution is 2.25. The molecule has 116 valence electrons. The van der Waals surface area contributed by atoms with Gasteiger partial charge in [0.1, 0.15) is 0 Å². The van der Waals surface area contributed by atoms with Crippen molar-refractivity contribution in [2.75, 3.05) is 32.7 Å². The molecular weight excluding hydrogens is 273 g/mol. The summed E-state index contributed by atoms with van der Waals surface area (Å²) in [4.78, 5) is 15.6. The van der Waals surface area contributed by atoms with E-state index in [4.69, 9.17) is 5.11 Å². The van der Waals surface area contributed by atoms with Crippen LogP contribution >= 0.6 is 0 Å². The van der Waals surface area contributed by atoms with Crippen LogP contribution in [0.25, 0.3) is 0 Å². The summed E-state index contributed by atoms with van der Waals surface area (Å²) >= 11 is 0. The molecule has 0 aromatic rings. The smallest absolute Gasteiger partial charge is 0.382 e. The molecule has 2 saturated heterocycles. The third-order valence-electron chi connectivity index (χ3n) is 4.16. The molecule has 2 rings (SSSR count). The van der Waals surface area contributed by atoms with E-state index in [0.717, 1.165) is 25.9 Å².